The van der Waals surface area contributed by atoms with Gasteiger partial charge in [-0.2, -0.15) is 0 Å². The highest BCUT2D eigenvalue weighted by Gasteiger charge is 2.14. The maximum Gasteiger partial charge on any atom is 0.270 e. The van der Waals surface area contributed by atoms with Crippen molar-refractivity contribution < 1.29 is 4.92 Å². The molecular weight excluding hydrogens is 318 g/mol. The number of aromatic nitrogens is 2. The molecule has 0 aliphatic rings. The van der Waals surface area contributed by atoms with Crippen LogP contribution in [0.15, 0.2) is 47.3 Å². The van der Waals surface area contributed by atoms with Crippen molar-refractivity contribution in [2.75, 3.05) is 0 Å². The summed E-state index contributed by atoms with van der Waals surface area (Å²) in [5, 5.41) is 11.3. The molecule has 2 aromatic carbocycles. The van der Waals surface area contributed by atoms with Gasteiger partial charge >= 0.3 is 0 Å². The summed E-state index contributed by atoms with van der Waals surface area (Å²) in [6.07, 6.45) is 1.53. The Labute approximate surface area is 144 Å². The number of rotatable bonds is 5. The van der Waals surface area contributed by atoms with Gasteiger partial charge in [-0.05, 0) is 25.0 Å². The molecule has 0 spiro atoms. The number of hydrogen-bond acceptors (Lipinski definition) is 4. The summed E-state index contributed by atoms with van der Waals surface area (Å²) in [4.78, 5) is 28.1. The number of fused-ring (bicyclic) bond motifs is 1. The molecule has 0 N–H and O–H groups in total. The number of nitrogens with zero attached hydrogens (tertiary/aromatic N) is 3. The summed E-state index contributed by atoms with van der Waals surface area (Å²) in [7, 11) is 0. The summed E-state index contributed by atoms with van der Waals surface area (Å²) in [6, 6.07) is 12.2. The Morgan fingerprint density at radius 3 is 2.52 bits per heavy atom. The highest BCUT2D eigenvalue weighted by Crippen LogP contribution is 2.18. The van der Waals surface area contributed by atoms with E-state index < -0.39 is 4.92 Å². The fraction of sp³-hybridized carbons (Fsp3) is 0.263. The van der Waals surface area contributed by atoms with E-state index >= 15 is 0 Å². The Bertz CT molecular complexity index is 991. The Morgan fingerprint density at radius 2 is 1.88 bits per heavy atom. The highest BCUT2D eigenvalue weighted by molar-refractivity contribution is 5.80. The van der Waals surface area contributed by atoms with Crippen LogP contribution in [0, 0.1) is 17.0 Å². The van der Waals surface area contributed by atoms with E-state index in [9.17, 15) is 14.9 Å². The molecule has 0 fully saturated rings. The second-order valence-electron chi connectivity index (χ2n) is 6.11. The third-order valence-corrected chi connectivity index (χ3v) is 4.16. The first kappa shape index (κ1) is 16.8. The average molecular weight is 337 g/mol. The molecule has 3 aromatic rings. The first-order chi connectivity index (χ1) is 12.0. The molecule has 1 aromatic heterocycles. The first-order valence-corrected chi connectivity index (χ1v) is 8.23. The molecule has 6 heteroatoms. The third kappa shape index (κ3) is 3.42. The van der Waals surface area contributed by atoms with Crippen LogP contribution in [0.3, 0.4) is 0 Å². The van der Waals surface area contributed by atoms with Gasteiger partial charge in [0.15, 0.2) is 0 Å². The second kappa shape index (κ2) is 6.84. The molecule has 1 heterocycles. The monoisotopic (exact) mass is 337 g/mol. The Balaban J connectivity index is 2.17. The van der Waals surface area contributed by atoms with Gasteiger partial charge in [0.25, 0.3) is 11.2 Å². The third-order valence-electron chi connectivity index (χ3n) is 4.16. The molecule has 128 valence electrons. The minimum Gasteiger partial charge on any atom is -0.292 e. The lowest BCUT2D eigenvalue weighted by Gasteiger charge is -2.13. The van der Waals surface area contributed by atoms with Crippen LogP contribution in [0.5, 0.6) is 0 Å². The van der Waals surface area contributed by atoms with Crippen LogP contribution in [-0.4, -0.2) is 14.5 Å². The van der Waals surface area contributed by atoms with Gasteiger partial charge in [-0.15, -0.1) is 0 Å². The summed E-state index contributed by atoms with van der Waals surface area (Å²) in [6.45, 7) is 4.44. The average Bonchev–Trinajstić information content (AvgIpc) is 2.60. The predicted molar refractivity (Wildman–Crippen MR) is 96.9 cm³/mol. The molecule has 0 aliphatic heterocycles. The van der Waals surface area contributed by atoms with E-state index in [0.29, 0.717) is 24.3 Å². The van der Waals surface area contributed by atoms with Gasteiger partial charge in [-0.25, -0.2) is 4.98 Å². The van der Waals surface area contributed by atoms with E-state index in [-0.39, 0.29) is 16.6 Å². The summed E-state index contributed by atoms with van der Waals surface area (Å²) in [5.74, 6) is 0.703. The minimum atomic E-state index is -0.497. The number of aryl methyl sites for hydroxylation is 2. The molecule has 0 amide bonds. The van der Waals surface area contributed by atoms with Crippen LogP contribution in [-0.2, 0) is 13.0 Å². The van der Waals surface area contributed by atoms with E-state index in [4.69, 9.17) is 0 Å². The SMILES string of the molecule is CCCc1nc2ccc([N+](=O)[O-])cc2c(=O)n1Cc1ccc(C)cc1. The van der Waals surface area contributed by atoms with E-state index in [1.165, 1.54) is 12.1 Å². The lowest BCUT2D eigenvalue weighted by molar-refractivity contribution is -0.384. The molecule has 0 aliphatic carbocycles. The Morgan fingerprint density at radius 1 is 1.16 bits per heavy atom. The molecule has 0 bridgehead atoms. The Kier molecular flexibility index (Phi) is 4.61. The standard InChI is InChI=1S/C19H19N3O3/c1-3-4-18-20-17-10-9-15(22(24)25)11-16(17)19(23)21(18)12-14-7-5-13(2)6-8-14/h5-11H,3-4,12H2,1-2H3. The molecule has 3 rings (SSSR count). The molecule has 6 nitrogen and oxygen atoms in total. The van der Waals surface area contributed by atoms with Crippen molar-refractivity contribution in [2.45, 2.75) is 33.2 Å². The van der Waals surface area contributed by atoms with Crippen molar-refractivity contribution in [3.05, 3.63) is 79.9 Å². The number of nitro groups is 1. The van der Waals surface area contributed by atoms with Crippen molar-refractivity contribution in [3.63, 3.8) is 0 Å². The topological polar surface area (TPSA) is 78.0 Å². The molecule has 0 unspecified atom stereocenters. The lowest BCUT2D eigenvalue weighted by atomic mass is 10.1. The lowest BCUT2D eigenvalue weighted by Crippen LogP contribution is -2.26. The smallest absolute Gasteiger partial charge is 0.270 e. The number of nitro benzene ring substituents is 1. The van der Waals surface area contributed by atoms with Gasteiger partial charge in [-0.1, -0.05) is 36.8 Å². The van der Waals surface area contributed by atoms with Crippen molar-refractivity contribution in [3.8, 4) is 0 Å². The van der Waals surface area contributed by atoms with Crippen LogP contribution in [0.25, 0.3) is 10.9 Å². The predicted octanol–water partition coefficient (Wildman–Crippen LogP) is 3.61. The van der Waals surface area contributed by atoms with Gasteiger partial charge in [-0.3, -0.25) is 19.5 Å². The van der Waals surface area contributed by atoms with Crippen LogP contribution in [0.1, 0.15) is 30.3 Å². The summed E-state index contributed by atoms with van der Waals surface area (Å²) < 4.78 is 1.63. The largest absolute Gasteiger partial charge is 0.292 e. The Hall–Kier alpha value is -3.02. The van der Waals surface area contributed by atoms with E-state index in [0.717, 1.165) is 17.5 Å². The normalized spacial score (nSPS) is 11.0. The maximum absolute atomic E-state index is 13.0. The molecule has 0 atom stereocenters. The molecule has 0 radical (unpaired) electrons. The van der Waals surface area contributed by atoms with E-state index in [1.54, 1.807) is 10.6 Å². The van der Waals surface area contributed by atoms with Gasteiger partial charge in [0.05, 0.1) is 22.4 Å². The maximum atomic E-state index is 13.0. The van der Waals surface area contributed by atoms with Crippen LogP contribution in [0.2, 0.25) is 0 Å². The minimum absolute atomic E-state index is 0.100. The first-order valence-electron chi connectivity index (χ1n) is 8.23. The van der Waals surface area contributed by atoms with Gasteiger partial charge in [0.1, 0.15) is 5.82 Å². The highest BCUT2D eigenvalue weighted by atomic mass is 16.6. The number of benzene rings is 2. The fourth-order valence-corrected chi connectivity index (χ4v) is 2.82. The van der Waals surface area contributed by atoms with Crippen molar-refractivity contribution in [2.24, 2.45) is 0 Å². The van der Waals surface area contributed by atoms with Gasteiger partial charge in [0, 0.05) is 18.6 Å². The zero-order valence-corrected chi connectivity index (χ0v) is 14.2. The number of non-ortho nitro benzene ring substituents is 1. The van der Waals surface area contributed by atoms with Crippen molar-refractivity contribution >= 4 is 16.6 Å². The van der Waals surface area contributed by atoms with Crippen LogP contribution >= 0.6 is 0 Å². The van der Waals surface area contributed by atoms with E-state index in [1.807, 2.05) is 38.1 Å². The molecule has 0 saturated carbocycles. The second-order valence-corrected chi connectivity index (χ2v) is 6.11. The fourth-order valence-electron chi connectivity index (χ4n) is 2.82. The zero-order chi connectivity index (χ0) is 18.0. The van der Waals surface area contributed by atoms with E-state index in [2.05, 4.69) is 4.98 Å². The van der Waals surface area contributed by atoms with Crippen molar-refractivity contribution in [1.29, 1.82) is 0 Å². The van der Waals surface area contributed by atoms with Gasteiger partial charge < -0.3 is 0 Å². The quantitative estimate of drug-likeness (QED) is 0.526. The van der Waals surface area contributed by atoms with Crippen molar-refractivity contribution in [1.82, 2.24) is 9.55 Å². The zero-order valence-electron chi connectivity index (χ0n) is 14.2. The van der Waals surface area contributed by atoms with Crippen LogP contribution < -0.4 is 5.56 Å². The molecular formula is C19H19N3O3. The van der Waals surface area contributed by atoms with Crippen LogP contribution in [0.4, 0.5) is 5.69 Å². The number of hydrogen-bond donors (Lipinski definition) is 0. The van der Waals surface area contributed by atoms with Gasteiger partial charge in [0.2, 0.25) is 0 Å². The molecule has 0 saturated heterocycles. The molecule has 25 heavy (non-hydrogen) atoms. The summed E-state index contributed by atoms with van der Waals surface area (Å²) in [5.41, 5.74) is 2.31. The summed E-state index contributed by atoms with van der Waals surface area (Å²) >= 11 is 0.